The summed E-state index contributed by atoms with van der Waals surface area (Å²) in [6.07, 6.45) is 5.18. The third kappa shape index (κ3) is 4.56. The molecule has 2 aromatic carbocycles. The normalized spacial score (nSPS) is 16.2. The van der Waals surface area contributed by atoms with Gasteiger partial charge in [-0.3, -0.25) is 4.79 Å². The number of benzene rings is 2. The van der Waals surface area contributed by atoms with Crippen LogP contribution in [0.5, 0.6) is 5.75 Å². The van der Waals surface area contributed by atoms with E-state index < -0.39 is 0 Å². The number of aromatic nitrogens is 2. The van der Waals surface area contributed by atoms with Crippen molar-refractivity contribution >= 4 is 17.5 Å². The quantitative estimate of drug-likeness (QED) is 0.690. The molecule has 154 valence electrons. The van der Waals surface area contributed by atoms with Crippen molar-refractivity contribution in [3.63, 3.8) is 0 Å². The number of ether oxygens (including phenoxy) is 1. The molecule has 3 aromatic rings. The van der Waals surface area contributed by atoms with Crippen molar-refractivity contribution < 1.29 is 13.9 Å². The number of nitrogens with one attached hydrogen (secondary N) is 1. The van der Waals surface area contributed by atoms with E-state index in [2.05, 4.69) is 15.3 Å². The molecule has 2 heterocycles. The van der Waals surface area contributed by atoms with Gasteiger partial charge in [0.05, 0.1) is 13.0 Å². The van der Waals surface area contributed by atoms with E-state index in [1.54, 1.807) is 31.6 Å². The van der Waals surface area contributed by atoms with Crippen LogP contribution in [0.3, 0.4) is 0 Å². The summed E-state index contributed by atoms with van der Waals surface area (Å²) in [4.78, 5) is 23.7. The third-order valence-electron chi connectivity index (χ3n) is 5.25. The number of piperidine rings is 1. The molecule has 0 aliphatic carbocycles. The summed E-state index contributed by atoms with van der Waals surface area (Å²) in [5, 5.41) is 2.98. The first-order valence-electron chi connectivity index (χ1n) is 9.90. The number of amides is 1. The first-order valence-corrected chi connectivity index (χ1v) is 9.90. The Labute approximate surface area is 174 Å². The molecule has 1 amide bonds. The van der Waals surface area contributed by atoms with Crippen LogP contribution in [0.2, 0.25) is 0 Å². The zero-order chi connectivity index (χ0) is 20.9. The highest BCUT2D eigenvalue weighted by atomic mass is 19.1. The molecule has 0 unspecified atom stereocenters. The number of halogens is 1. The molecule has 0 bridgehead atoms. The Hall–Kier alpha value is -3.48. The average Bonchev–Trinajstić information content (AvgIpc) is 2.80. The molecule has 6 nitrogen and oxygen atoms in total. The number of methoxy groups -OCH3 is 1. The smallest absolute Gasteiger partial charge is 0.229 e. The van der Waals surface area contributed by atoms with Gasteiger partial charge in [-0.05, 0) is 54.8 Å². The van der Waals surface area contributed by atoms with Crippen LogP contribution in [0.25, 0.3) is 11.1 Å². The summed E-state index contributed by atoms with van der Waals surface area (Å²) in [5.74, 6) is 0.929. The molecular formula is C23H23FN4O2. The number of anilines is 2. The van der Waals surface area contributed by atoms with Crippen molar-refractivity contribution in [3.05, 3.63) is 66.7 Å². The van der Waals surface area contributed by atoms with Crippen molar-refractivity contribution in [2.45, 2.75) is 12.8 Å². The molecule has 1 saturated heterocycles. The Kier molecular flexibility index (Phi) is 5.88. The minimum absolute atomic E-state index is 0.00667. The van der Waals surface area contributed by atoms with Gasteiger partial charge in [0.1, 0.15) is 11.6 Å². The van der Waals surface area contributed by atoms with Gasteiger partial charge in [-0.2, -0.15) is 0 Å². The molecule has 0 radical (unpaired) electrons. The van der Waals surface area contributed by atoms with Crippen LogP contribution < -0.4 is 15.0 Å². The van der Waals surface area contributed by atoms with Gasteiger partial charge < -0.3 is 15.0 Å². The van der Waals surface area contributed by atoms with E-state index in [4.69, 9.17) is 4.74 Å². The van der Waals surface area contributed by atoms with Gasteiger partial charge in [0.2, 0.25) is 11.9 Å². The summed E-state index contributed by atoms with van der Waals surface area (Å²) in [6, 6.07) is 13.5. The fourth-order valence-electron chi connectivity index (χ4n) is 3.57. The zero-order valence-electron chi connectivity index (χ0n) is 16.7. The van der Waals surface area contributed by atoms with E-state index in [0.29, 0.717) is 12.5 Å². The lowest BCUT2D eigenvalue weighted by atomic mass is 9.97. The van der Waals surface area contributed by atoms with Crippen LogP contribution in [-0.2, 0) is 4.79 Å². The molecule has 1 aliphatic heterocycles. The van der Waals surface area contributed by atoms with E-state index in [0.717, 1.165) is 42.0 Å². The predicted octanol–water partition coefficient (Wildman–Crippen LogP) is 4.15. The number of nitrogens with zero attached hydrogens (tertiary/aromatic N) is 3. The summed E-state index contributed by atoms with van der Waals surface area (Å²) >= 11 is 0. The van der Waals surface area contributed by atoms with Crippen LogP contribution >= 0.6 is 0 Å². The zero-order valence-corrected chi connectivity index (χ0v) is 16.7. The summed E-state index contributed by atoms with van der Waals surface area (Å²) in [5.41, 5.74) is 2.43. The van der Waals surface area contributed by atoms with Crippen molar-refractivity contribution in [2.75, 3.05) is 30.4 Å². The second-order valence-electron chi connectivity index (χ2n) is 7.28. The minimum atomic E-state index is -0.274. The molecule has 0 saturated carbocycles. The fourth-order valence-corrected chi connectivity index (χ4v) is 3.57. The van der Waals surface area contributed by atoms with Gasteiger partial charge in [0, 0.05) is 36.7 Å². The Morgan fingerprint density at radius 1 is 1.07 bits per heavy atom. The van der Waals surface area contributed by atoms with Gasteiger partial charge in [0.25, 0.3) is 0 Å². The van der Waals surface area contributed by atoms with Gasteiger partial charge in [-0.15, -0.1) is 0 Å². The van der Waals surface area contributed by atoms with Crippen molar-refractivity contribution in [1.82, 2.24) is 9.97 Å². The maximum absolute atomic E-state index is 13.1. The highest BCUT2D eigenvalue weighted by Gasteiger charge is 2.27. The maximum Gasteiger partial charge on any atom is 0.229 e. The van der Waals surface area contributed by atoms with Crippen molar-refractivity contribution in [1.29, 1.82) is 0 Å². The standard InChI is InChI=1S/C23H23FN4O2/c1-30-21-10-8-20(9-11-21)27-22(29)17-3-2-12-28(15-17)23-25-13-18(14-26-23)16-4-6-19(24)7-5-16/h4-11,13-14,17H,2-3,12,15H2,1H3,(H,27,29)/t17-/m1/s1. The van der Waals surface area contributed by atoms with Crippen molar-refractivity contribution in [3.8, 4) is 16.9 Å². The Balaban J connectivity index is 1.40. The molecule has 1 aliphatic rings. The van der Waals surface area contributed by atoms with Gasteiger partial charge in [-0.1, -0.05) is 12.1 Å². The van der Waals surface area contributed by atoms with Crippen LogP contribution in [0.15, 0.2) is 60.9 Å². The summed E-state index contributed by atoms with van der Waals surface area (Å²) in [7, 11) is 1.61. The fraction of sp³-hybridized carbons (Fsp3) is 0.261. The second-order valence-corrected chi connectivity index (χ2v) is 7.28. The predicted molar refractivity (Wildman–Crippen MR) is 114 cm³/mol. The average molecular weight is 406 g/mol. The van der Waals surface area contributed by atoms with Crippen LogP contribution in [0.4, 0.5) is 16.0 Å². The van der Waals surface area contributed by atoms with E-state index >= 15 is 0 Å². The van der Waals surface area contributed by atoms with E-state index in [-0.39, 0.29) is 17.6 Å². The molecule has 0 spiro atoms. The number of hydrogen-bond donors (Lipinski definition) is 1. The summed E-state index contributed by atoms with van der Waals surface area (Å²) in [6.45, 7) is 1.38. The molecule has 1 aromatic heterocycles. The monoisotopic (exact) mass is 406 g/mol. The van der Waals surface area contributed by atoms with Gasteiger partial charge in [0.15, 0.2) is 0 Å². The maximum atomic E-state index is 13.1. The van der Waals surface area contributed by atoms with Gasteiger partial charge in [-0.25, -0.2) is 14.4 Å². The highest BCUT2D eigenvalue weighted by molar-refractivity contribution is 5.93. The number of rotatable bonds is 5. The number of carbonyl (C=O) groups is 1. The van der Waals surface area contributed by atoms with Crippen LogP contribution in [-0.4, -0.2) is 36.1 Å². The molecular weight excluding hydrogens is 383 g/mol. The Morgan fingerprint density at radius 2 is 1.77 bits per heavy atom. The van der Waals surface area contributed by atoms with E-state index in [1.165, 1.54) is 12.1 Å². The second kappa shape index (κ2) is 8.90. The molecule has 30 heavy (non-hydrogen) atoms. The largest absolute Gasteiger partial charge is 0.497 e. The SMILES string of the molecule is COc1ccc(NC(=O)[C@@H]2CCCN(c3ncc(-c4ccc(F)cc4)cn3)C2)cc1. The first-order chi connectivity index (χ1) is 14.6. The molecule has 1 atom stereocenters. The summed E-state index contributed by atoms with van der Waals surface area (Å²) < 4.78 is 18.3. The van der Waals surface area contributed by atoms with E-state index in [1.807, 2.05) is 29.2 Å². The molecule has 7 heteroatoms. The van der Waals surface area contributed by atoms with Crippen LogP contribution in [0.1, 0.15) is 12.8 Å². The Morgan fingerprint density at radius 3 is 2.43 bits per heavy atom. The number of hydrogen-bond acceptors (Lipinski definition) is 5. The van der Waals surface area contributed by atoms with Gasteiger partial charge >= 0.3 is 0 Å². The Bertz CT molecular complexity index is 991. The van der Waals surface area contributed by atoms with E-state index in [9.17, 15) is 9.18 Å². The van der Waals surface area contributed by atoms with Crippen molar-refractivity contribution in [2.24, 2.45) is 5.92 Å². The van der Waals surface area contributed by atoms with Crippen LogP contribution in [0, 0.1) is 11.7 Å². The number of carbonyl (C=O) groups excluding carboxylic acids is 1. The topological polar surface area (TPSA) is 67.3 Å². The highest BCUT2D eigenvalue weighted by Crippen LogP contribution is 2.24. The molecule has 4 rings (SSSR count). The lowest BCUT2D eigenvalue weighted by Gasteiger charge is -2.32. The lowest BCUT2D eigenvalue weighted by molar-refractivity contribution is -0.120. The molecule has 1 N–H and O–H groups in total. The third-order valence-corrected chi connectivity index (χ3v) is 5.25. The molecule has 1 fully saturated rings. The lowest BCUT2D eigenvalue weighted by Crippen LogP contribution is -2.41. The minimum Gasteiger partial charge on any atom is -0.497 e. The first kappa shape index (κ1) is 19.8.